The van der Waals surface area contributed by atoms with Crippen LogP contribution >= 0.6 is 0 Å². The number of alkyl halides is 4. The molecule has 35 heavy (non-hydrogen) atoms. The lowest BCUT2D eigenvalue weighted by atomic mass is 10.1. The van der Waals surface area contributed by atoms with Gasteiger partial charge in [0, 0.05) is 18.5 Å². The molecule has 0 radical (unpaired) electrons. The van der Waals surface area contributed by atoms with E-state index in [1.807, 2.05) is 0 Å². The van der Waals surface area contributed by atoms with Crippen LogP contribution in [0.15, 0.2) is 59.0 Å². The highest BCUT2D eigenvalue weighted by Crippen LogP contribution is 2.28. The minimum atomic E-state index is -3.77. The molecule has 0 aliphatic carbocycles. The molecule has 0 amide bonds. The summed E-state index contributed by atoms with van der Waals surface area (Å²) in [4.78, 5) is 1.58. The molecule has 1 saturated heterocycles. The largest absolute Gasteiger partial charge is 0.415 e. The number of nitrogens with zero attached hydrogens (tertiary/aromatic N) is 4. The Labute approximate surface area is 200 Å². The Bertz CT molecular complexity index is 1220. The second kappa shape index (κ2) is 10.3. The van der Waals surface area contributed by atoms with Crippen LogP contribution in [0, 0.1) is 0 Å². The highest BCUT2D eigenvalue weighted by Gasteiger charge is 2.37. The first kappa shape index (κ1) is 25.1. The Kier molecular flexibility index (Phi) is 7.41. The molecule has 3 aromatic rings. The van der Waals surface area contributed by atoms with Crippen LogP contribution in [0.3, 0.4) is 0 Å². The third kappa shape index (κ3) is 6.37. The topological polar surface area (TPSA) is 79.5 Å². The maximum absolute atomic E-state index is 13.4. The molecule has 2 aromatic carbocycles. The van der Waals surface area contributed by atoms with Crippen LogP contribution in [0.2, 0.25) is 0 Å². The van der Waals surface area contributed by atoms with Crippen LogP contribution in [-0.2, 0) is 16.6 Å². The fraction of sp³-hybridized carbons (Fsp3) is 0.391. The zero-order chi connectivity index (χ0) is 25.1. The lowest BCUT2D eigenvalue weighted by molar-refractivity contribution is 0.0123. The Hall–Kier alpha value is -2.99. The summed E-state index contributed by atoms with van der Waals surface area (Å²) in [6, 6.07) is 15.1. The van der Waals surface area contributed by atoms with Gasteiger partial charge in [-0.3, -0.25) is 9.21 Å². The highest BCUT2D eigenvalue weighted by molar-refractivity contribution is 7.92. The molecule has 0 spiro atoms. The second-order valence-corrected chi connectivity index (χ2v) is 10.3. The van der Waals surface area contributed by atoms with Crippen molar-refractivity contribution in [2.24, 2.45) is 0 Å². The molecule has 0 unspecified atom stereocenters. The van der Waals surface area contributed by atoms with E-state index >= 15 is 0 Å². The lowest BCUT2D eigenvalue weighted by Gasteiger charge is -2.25. The quantitative estimate of drug-likeness (QED) is 0.365. The molecule has 1 aromatic heterocycles. The number of hydrogen-bond donors (Lipinski definition) is 0. The van der Waals surface area contributed by atoms with E-state index in [0.29, 0.717) is 16.8 Å². The molecule has 12 heteroatoms. The summed E-state index contributed by atoms with van der Waals surface area (Å²) in [5.41, 5.74) is 1.54. The van der Waals surface area contributed by atoms with Gasteiger partial charge in [-0.2, -0.15) is 8.78 Å². The van der Waals surface area contributed by atoms with Crippen LogP contribution in [0.5, 0.6) is 0 Å². The SMILES string of the molecule is O=S(=O)(CCCN1CCC(F)(F)C1)N(Cc1ccc(-c2nnc(C(F)F)o2)cc1)c1ccccc1. The van der Waals surface area contributed by atoms with E-state index in [1.54, 1.807) is 59.5 Å². The monoisotopic (exact) mass is 512 g/mol. The third-order valence-electron chi connectivity index (χ3n) is 5.66. The summed E-state index contributed by atoms with van der Waals surface area (Å²) < 4.78 is 84.9. The van der Waals surface area contributed by atoms with Gasteiger partial charge in [0.1, 0.15) is 0 Å². The molecule has 1 aliphatic heterocycles. The first-order valence-electron chi connectivity index (χ1n) is 11.0. The summed E-state index contributed by atoms with van der Waals surface area (Å²) >= 11 is 0. The van der Waals surface area contributed by atoms with Crippen LogP contribution in [-0.4, -0.2) is 54.8 Å². The Balaban J connectivity index is 1.46. The summed E-state index contributed by atoms with van der Waals surface area (Å²) in [5.74, 6) is -3.75. The van der Waals surface area contributed by atoms with Gasteiger partial charge >= 0.3 is 6.43 Å². The number of rotatable bonds is 10. The number of anilines is 1. The van der Waals surface area contributed by atoms with Gasteiger partial charge in [-0.1, -0.05) is 30.3 Å². The number of benzene rings is 2. The standard InChI is InChI=1S/C23H24F4N4O3S/c24-20(25)22-29-28-21(34-22)18-9-7-17(8-10-18)15-31(19-5-2-1-3-6-19)35(32,33)14-4-12-30-13-11-23(26,27)16-30/h1-3,5-10,20H,4,11-16H2. The molecule has 4 rings (SSSR count). The van der Waals surface area contributed by atoms with Crippen LogP contribution in [0.1, 0.15) is 30.7 Å². The van der Waals surface area contributed by atoms with E-state index in [1.165, 1.54) is 4.31 Å². The minimum Gasteiger partial charge on any atom is -0.415 e. The van der Waals surface area contributed by atoms with Gasteiger partial charge < -0.3 is 4.42 Å². The molecule has 0 atom stereocenters. The zero-order valence-corrected chi connectivity index (χ0v) is 19.5. The molecule has 2 heterocycles. The predicted octanol–water partition coefficient (Wildman–Crippen LogP) is 4.74. The first-order chi connectivity index (χ1) is 16.6. The van der Waals surface area contributed by atoms with Crippen molar-refractivity contribution in [3.63, 3.8) is 0 Å². The number of aromatic nitrogens is 2. The number of para-hydroxylation sites is 1. The fourth-order valence-corrected chi connectivity index (χ4v) is 5.38. The third-order valence-corrected chi connectivity index (χ3v) is 7.48. The molecule has 7 nitrogen and oxygen atoms in total. The molecular formula is C23H24F4N4O3S. The van der Waals surface area contributed by atoms with Gasteiger partial charge in [0.05, 0.1) is 24.5 Å². The van der Waals surface area contributed by atoms with Gasteiger partial charge in [-0.25, -0.2) is 17.2 Å². The first-order valence-corrected chi connectivity index (χ1v) is 12.6. The number of likely N-dealkylation sites (tertiary alicyclic amines) is 1. The van der Waals surface area contributed by atoms with E-state index in [0.717, 1.165) is 0 Å². The highest BCUT2D eigenvalue weighted by atomic mass is 32.2. The van der Waals surface area contributed by atoms with Gasteiger partial charge in [0.25, 0.3) is 11.8 Å². The summed E-state index contributed by atoms with van der Waals surface area (Å²) in [5, 5.41) is 6.91. The molecule has 188 valence electrons. The number of sulfonamides is 1. The Morgan fingerprint density at radius 2 is 1.77 bits per heavy atom. The fourth-order valence-electron chi connectivity index (χ4n) is 3.88. The van der Waals surface area contributed by atoms with Crippen molar-refractivity contribution in [1.29, 1.82) is 0 Å². The van der Waals surface area contributed by atoms with E-state index in [2.05, 4.69) is 10.2 Å². The Morgan fingerprint density at radius 3 is 2.37 bits per heavy atom. The summed E-state index contributed by atoms with van der Waals surface area (Å²) in [7, 11) is -3.77. The van der Waals surface area contributed by atoms with Crippen molar-refractivity contribution in [2.75, 3.05) is 29.7 Å². The van der Waals surface area contributed by atoms with Gasteiger partial charge in [-0.05, 0) is 42.8 Å². The molecule has 0 saturated carbocycles. The average molecular weight is 513 g/mol. The van der Waals surface area contributed by atoms with Crippen molar-refractivity contribution in [2.45, 2.75) is 31.7 Å². The van der Waals surface area contributed by atoms with E-state index in [4.69, 9.17) is 4.42 Å². The molecule has 1 aliphatic rings. The maximum Gasteiger partial charge on any atom is 0.314 e. The van der Waals surface area contributed by atoms with E-state index in [-0.39, 0.29) is 50.7 Å². The summed E-state index contributed by atoms with van der Waals surface area (Å²) in [6.45, 7) is 0.207. The molecule has 0 bridgehead atoms. The number of hydrogen-bond acceptors (Lipinski definition) is 6. The second-order valence-electron chi connectivity index (χ2n) is 8.34. The van der Waals surface area contributed by atoms with Crippen LogP contribution < -0.4 is 4.31 Å². The Morgan fingerprint density at radius 1 is 1.06 bits per heavy atom. The van der Waals surface area contributed by atoms with Gasteiger partial charge in [0.2, 0.25) is 15.9 Å². The van der Waals surface area contributed by atoms with Crippen molar-refractivity contribution in [3.05, 3.63) is 66.1 Å². The van der Waals surface area contributed by atoms with Crippen molar-refractivity contribution in [3.8, 4) is 11.5 Å². The molecular weight excluding hydrogens is 488 g/mol. The lowest BCUT2D eigenvalue weighted by Crippen LogP contribution is -2.34. The van der Waals surface area contributed by atoms with Crippen molar-refractivity contribution < 1.29 is 30.4 Å². The maximum atomic E-state index is 13.4. The normalized spacial score (nSPS) is 16.1. The minimum absolute atomic E-state index is 0.0283. The van der Waals surface area contributed by atoms with Gasteiger partial charge in [-0.15, -0.1) is 10.2 Å². The molecule has 1 fully saturated rings. The van der Waals surface area contributed by atoms with Crippen molar-refractivity contribution >= 4 is 15.7 Å². The van der Waals surface area contributed by atoms with Crippen LogP contribution in [0.4, 0.5) is 23.2 Å². The van der Waals surface area contributed by atoms with E-state index < -0.39 is 28.3 Å². The zero-order valence-electron chi connectivity index (χ0n) is 18.7. The van der Waals surface area contributed by atoms with E-state index in [9.17, 15) is 26.0 Å². The van der Waals surface area contributed by atoms with Crippen LogP contribution in [0.25, 0.3) is 11.5 Å². The number of halogens is 4. The average Bonchev–Trinajstić information content (AvgIpc) is 3.45. The smallest absolute Gasteiger partial charge is 0.314 e. The predicted molar refractivity (Wildman–Crippen MR) is 122 cm³/mol. The van der Waals surface area contributed by atoms with Gasteiger partial charge in [0.15, 0.2) is 0 Å². The molecule has 0 N–H and O–H groups in total. The van der Waals surface area contributed by atoms with Crippen molar-refractivity contribution in [1.82, 2.24) is 15.1 Å². The summed E-state index contributed by atoms with van der Waals surface area (Å²) in [6.07, 6.45) is -2.86.